The highest BCUT2D eigenvalue weighted by atomic mass is 35.5. The van der Waals surface area contributed by atoms with Crippen LogP contribution in [0.25, 0.3) is 22.6 Å². The Morgan fingerprint density at radius 2 is 1.95 bits per heavy atom. The van der Waals surface area contributed by atoms with Gasteiger partial charge >= 0.3 is 6.18 Å². The van der Waals surface area contributed by atoms with Crippen LogP contribution >= 0.6 is 11.6 Å². The molecule has 13 heteroatoms. The lowest BCUT2D eigenvalue weighted by atomic mass is 9.67. The van der Waals surface area contributed by atoms with E-state index >= 15 is 0 Å². The Bertz CT molecular complexity index is 1550. The second kappa shape index (κ2) is 8.06. The highest BCUT2D eigenvalue weighted by molar-refractivity contribution is 6.33. The molecule has 7 rings (SSSR count). The number of anilines is 2. The van der Waals surface area contributed by atoms with Crippen LogP contribution in [-0.4, -0.2) is 53.5 Å². The topological polar surface area (TPSA) is 87.6 Å². The third kappa shape index (κ3) is 3.42. The van der Waals surface area contributed by atoms with Gasteiger partial charge in [-0.2, -0.15) is 18.3 Å². The van der Waals surface area contributed by atoms with E-state index in [4.69, 9.17) is 16.3 Å². The molecule has 1 N–H and O–H groups in total. The zero-order valence-electron chi connectivity index (χ0n) is 20.5. The molecule has 6 heterocycles. The molecule has 198 valence electrons. The number of nitrogens with zero attached hydrogens (tertiary/aromatic N) is 7. The van der Waals surface area contributed by atoms with E-state index in [1.807, 2.05) is 36.0 Å². The molecule has 0 atom stereocenters. The van der Waals surface area contributed by atoms with Gasteiger partial charge in [-0.25, -0.2) is 4.98 Å². The molecular formula is C25H24ClF3N8O. The van der Waals surface area contributed by atoms with Crippen molar-refractivity contribution in [2.45, 2.75) is 43.9 Å². The lowest BCUT2D eigenvalue weighted by molar-refractivity contribution is -0.217. The molecule has 0 unspecified atom stereocenters. The fourth-order valence-corrected chi connectivity index (χ4v) is 6.03. The van der Waals surface area contributed by atoms with Crippen LogP contribution in [0.2, 0.25) is 5.02 Å². The van der Waals surface area contributed by atoms with Crippen molar-refractivity contribution in [3.05, 3.63) is 47.6 Å². The van der Waals surface area contributed by atoms with Crippen molar-refractivity contribution in [3.63, 3.8) is 0 Å². The maximum Gasteiger partial charge on any atom is 0.401 e. The van der Waals surface area contributed by atoms with Crippen molar-refractivity contribution in [2.24, 2.45) is 12.5 Å². The first-order valence-corrected chi connectivity index (χ1v) is 12.8. The van der Waals surface area contributed by atoms with Crippen LogP contribution in [-0.2, 0) is 30.3 Å². The van der Waals surface area contributed by atoms with Crippen LogP contribution in [0.5, 0.6) is 0 Å². The fraction of sp³-hybridized carbons (Fsp3) is 0.440. The van der Waals surface area contributed by atoms with E-state index in [-0.39, 0.29) is 24.1 Å². The van der Waals surface area contributed by atoms with E-state index in [0.29, 0.717) is 55.1 Å². The first kappa shape index (κ1) is 23.7. The number of fused-ring (bicyclic) bond motifs is 3. The fourth-order valence-electron chi connectivity index (χ4n) is 5.81. The summed E-state index contributed by atoms with van der Waals surface area (Å²) in [6, 6.07) is 5.59. The summed E-state index contributed by atoms with van der Waals surface area (Å²) in [7, 11) is 1.82. The number of hydrogen-bond donors (Lipinski definition) is 1. The highest BCUT2D eigenvalue weighted by Crippen LogP contribution is 2.55. The number of halogens is 4. The maximum absolute atomic E-state index is 14.3. The van der Waals surface area contributed by atoms with E-state index < -0.39 is 11.6 Å². The van der Waals surface area contributed by atoms with E-state index in [9.17, 15) is 13.2 Å². The van der Waals surface area contributed by atoms with Crippen molar-refractivity contribution in [1.82, 2.24) is 34.1 Å². The Kier molecular flexibility index (Phi) is 5.03. The van der Waals surface area contributed by atoms with E-state index in [1.165, 1.54) is 0 Å². The van der Waals surface area contributed by atoms with Gasteiger partial charge in [-0.1, -0.05) is 18.0 Å². The standard InChI is InChI=1S/C25H24ClF3N8O/c1-35-20(3-6-31-35)32-19-8-16(17(26)9-30-19)15-7-18-21-33-34-22(24(4-2-5-24)25(27,28)29)37(21)12-23(13-38-14-23)11-36(18)10-15/h3,6-10H,2,4-5,11-14H2,1H3,(H,30,32). The molecule has 1 aliphatic carbocycles. The van der Waals surface area contributed by atoms with Crippen LogP contribution in [0, 0.1) is 5.41 Å². The number of rotatable bonds is 4. The molecule has 38 heavy (non-hydrogen) atoms. The number of alkyl halides is 3. The molecule has 9 nitrogen and oxygen atoms in total. The van der Waals surface area contributed by atoms with Crippen LogP contribution in [0.15, 0.2) is 36.8 Å². The average molecular weight is 545 g/mol. The molecule has 1 saturated carbocycles. The number of aromatic nitrogens is 7. The Balaban J connectivity index is 1.33. The zero-order chi connectivity index (χ0) is 26.3. The molecular weight excluding hydrogens is 521 g/mol. The van der Waals surface area contributed by atoms with Crippen molar-refractivity contribution >= 4 is 23.2 Å². The number of hydrogen-bond acceptors (Lipinski definition) is 6. The van der Waals surface area contributed by atoms with E-state index in [2.05, 4.69) is 25.6 Å². The normalized spacial score (nSPS) is 19.3. The molecule has 4 aromatic rings. The number of ether oxygens (including phenoxy) is 1. The van der Waals surface area contributed by atoms with Gasteiger partial charge in [0, 0.05) is 49.7 Å². The van der Waals surface area contributed by atoms with Gasteiger partial charge in [-0.3, -0.25) is 4.68 Å². The van der Waals surface area contributed by atoms with E-state index in [1.54, 1.807) is 21.6 Å². The third-order valence-electron chi connectivity index (χ3n) is 8.11. The number of nitrogens with one attached hydrogen (secondary N) is 1. The monoisotopic (exact) mass is 544 g/mol. The molecule has 1 spiro atoms. The van der Waals surface area contributed by atoms with Crippen molar-refractivity contribution < 1.29 is 17.9 Å². The largest absolute Gasteiger partial charge is 0.401 e. The molecule has 0 amide bonds. The minimum atomic E-state index is -4.39. The molecule has 3 aliphatic rings. The Hall–Kier alpha value is -3.38. The van der Waals surface area contributed by atoms with Crippen LogP contribution in [0.1, 0.15) is 25.1 Å². The molecule has 2 fully saturated rings. The van der Waals surface area contributed by atoms with Crippen LogP contribution in [0.4, 0.5) is 24.8 Å². The molecule has 4 aromatic heterocycles. The molecule has 0 aromatic carbocycles. The molecule has 0 bridgehead atoms. The summed E-state index contributed by atoms with van der Waals surface area (Å²) in [5.74, 6) is 1.80. The minimum Gasteiger partial charge on any atom is -0.380 e. The van der Waals surface area contributed by atoms with Gasteiger partial charge in [-0.15, -0.1) is 10.2 Å². The molecule has 1 saturated heterocycles. The summed E-state index contributed by atoms with van der Waals surface area (Å²) in [5, 5.41) is 16.3. The Labute approximate surface area is 220 Å². The van der Waals surface area contributed by atoms with Crippen LogP contribution in [0.3, 0.4) is 0 Å². The predicted octanol–water partition coefficient (Wildman–Crippen LogP) is 4.95. The Morgan fingerprint density at radius 3 is 2.58 bits per heavy atom. The van der Waals surface area contributed by atoms with Crippen molar-refractivity contribution in [2.75, 3.05) is 18.5 Å². The first-order chi connectivity index (χ1) is 18.2. The zero-order valence-corrected chi connectivity index (χ0v) is 21.2. The third-order valence-corrected chi connectivity index (χ3v) is 8.41. The maximum atomic E-state index is 14.3. The predicted molar refractivity (Wildman–Crippen MR) is 133 cm³/mol. The summed E-state index contributed by atoms with van der Waals surface area (Å²) in [6.07, 6.45) is 1.42. The number of aryl methyl sites for hydroxylation is 1. The number of pyridine rings is 1. The summed E-state index contributed by atoms with van der Waals surface area (Å²) in [6.45, 7) is 1.90. The van der Waals surface area contributed by atoms with Gasteiger partial charge in [0.25, 0.3) is 0 Å². The summed E-state index contributed by atoms with van der Waals surface area (Å²) >= 11 is 6.58. The van der Waals surface area contributed by atoms with Gasteiger partial charge in [0.15, 0.2) is 5.82 Å². The summed E-state index contributed by atoms with van der Waals surface area (Å²) < 4.78 is 53.9. The highest BCUT2D eigenvalue weighted by Gasteiger charge is 2.63. The van der Waals surface area contributed by atoms with E-state index in [0.717, 1.165) is 16.9 Å². The van der Waals surface area contributed by atoms with Gasteiger partial charge in [0.05, 0.1) is 35.5 Å². The lowest BCUT2D eigenvalue weighted by Gasteiger charge is -2.44. The Morgan fingerprint density at radius 1 is 1.13 bits per heavy atom. The summed E-state index contributed by atoms with van der Waals surface area (Å²) in [4.78, 5) is 4.39. The second-order valence-corrected chi connectivity index (χ2v) is 11.0. The van der Waals surface area contributed by atoms with Gasteiger partial charge in [0.1, 0.15) is 22.9 Å². The van der Waals surface area contributed by atoms with Crippen molar-refractivity contribution in [3.8, 4) is 22.6 Å². The van der Waals surface area contributed by atoms with Gasteiger partial charge in [0.2, 0.25) is 0 Å². The van der Waals surface area contributed by atoms with Crippen molar-refractivity contribution in [1.29, 1.82) is 0 Å². The SMILES string of the molecule is Cn1nccc1Nc1cc(-c2cc3n(c2)CC2(COC2)Cn2c-3nnc2C2(C(F)(F)F)CCC2)c(Cl)cn1. The average Bonchev–Trinajstić information content (AvgIpc) is 3.50. The van der Waals surface area contributed by atoms with Crippen LogP contribution < -0.4 is 5.32 Å². The summed E-state index contributed by atoms with van der Waals surface area (Å²) in [5.41, 5.74) is -0.0349. The van der Waals surface area contributed by atoms with Gasteiger partial charge < -0.3 is 19.2 Å². The second-order valence-electron chi connectivity index (χ2n) is 10.6. The quantitative estimate of drug-likeness (QED) is 0.391. The molecule has 0 radical (unpaired) electrons. The lowest BCUT2D eigenvalue weighted by Crippen LogP contribution is -2.52. The molecule has 2 aliphatic heterocycles. The van der Waals surface area contributed by atoms with Gasteiger partial charge in [-0.05, 0) is 25.0 Å². The minimum absolute atomic E-state index is 0.0123. The smallest absolute Gasteiger partial charge is 0.380 e. The first-order valence-electron chi connectivity index (χ1n) is 12.4.